The molecule has 0 radical (unpaired) electrons. The van der Waals surface area contributed by atoms with Crippen LogP contribution in [-0.2, 0) is 0 Å². The highest BCUT2D eigenvalue weighted by Gasteiger charge is 2.14. The summed E-state index contributed by atoms with van der Waals surface area (Å²) in [5, 5.41) is 6.82. The van der Waals surface area contributed by atoms with Crippen molar-refractivity contribution in [2.75, 3.05) is 18.4 Å². The van der Waals surface area contributed by atoms with Crippen LogP contribution in [0.3, 0.4) is 0 Å². The molecule has 2 heterocycles. The fraction of sp³-hybridized carbons (Fsp3) is 0.692. The van der Waals surface area contributed by atoms with Crippen LogP contribution >= 0.6 is 0 Å². The highest BCUT2D eigenvalue weighted by molar-refractivity contribution is 5.30. The molecule has 0 aromatic carbocycles. The maximum absolute atomic E-state index is 4.58. The molecule has 4 nitrogen and oxygen atoms in total. The summed E-state index contributed by atoms with van der Waals surface area (Å²) >= 11 is 0. The van der Waals surface area contributed by atoms with Crippen LogP contribution in [0.25, 0.3) is 0 Å². The number of piperidine rings is 1. The summed E-state index contributed by atoms with van der Waals surface area (Å²) in [6.45, 7) is 8.52. The second kappa shape index (κ2) is 5.45. The van der Waals surface area contributed by atoms with Crippen LogP contribution in [-0.4, -0.2) is 29.1 Å². The molecule has 0 atom stereocenters. The van der Waals surface area contributed by atoms with E-state index in [1.807, 2.05) is 6.92 Å². The molecular formula is C13H22N4. The molecule has 0 unspecified atom stereocenters. The Kier molecular flexibility index (Phi) is 3.94. The van der Waals surface area contributed by atoms with Gasteiger partial charge in [0.15, 0.2) is 0 Å². The molecule has 0 bridgehead atoms. The van der Waals surface area contributed by atoms with Crippen molar-refractivity contribution in [2.24, 2.45) is 0 Å². The first kappa shape index (κ1) is 12.3. The Hall–Kier alpha value is -1.16. The van der Waals surface area contributed by atoms with Gasteiger partial charge in [0.1, 0.15) is 0 Å². The zero-order valence-corrected chi connectivity index (χ0v) is 11.0. The molecule has 0 saturated carbocycles. The van der Waals surface area contributed by atoms with Crippen molar-refractivity contribution in [3.8, 4) is 0 Å². The van der Waals surface area contributed by atoms with Crippen LogP contribution in [0.15, 0.2) is 6.07 Å². The van der Waals surface area contributed by atoms with E-state index in [9.17, 15) is 0 Å². The van der Waals surface area contributed by atoms with E-state index in [0.717, 1.165) is 43.3 Å². The number of nitrogens with zero attached hydrogens (tertiary/aromatic N) is 2. The molecule has 1 aromatic heterocycles. The van der Waals surface area contributed by atoms with Gasteiger partial charge in [0.05, 0.1) is 0 Å². The quantitative estimate of drug-likeness (QED) is 0.840. The van der Waals surface area contributed by atoms with Crippen molar-refractivity contribution in [2.45, 2.75) is 45.6 Å². The van der Waals surface area contributed by atoms with Crippen LogP contribution in [0.1, 0.15) is 44.0 Å². The smallest absolute Gasteiger partial charge is 0.223 e. The number of rotatable bonds is 3. The van der Waals surface area contributed by atoms with Crippen molar-refractivity contribution in [1.82, 2.24) is 15.3 Å². The van der Waals surface area contributed by atoms with Gasteiger partial charge in [-0.05, 0) is 44.8 Å². The molecule has 1 saturated heterocycles. The molecule has 1 aliphatic heterocycles. The Morgan fingerprint density at radius 3 is 2.65 bits per heavy atom. The van der Waals surface area contributed by atoms with E-state index in [1.54, 1.807) is 0 Å². The van der Waals surface area contributed by atoms with E-state index in [2.05, 4.69) is 40.5 Å². The molecule has 2 rings (SSSR count). The van der Waals surface area contributed by atoms with E-state index in [1.165, 1.54) is 0 Å². The lowest BCUT2D eigenvalue weighted by molar-refractivity contribution is 0.477. The fourth-order valence-corrected chi connectivity index (χ4v) is 2.10. The summed E-state index contributed by atoms with van der Waals surface area (Å²) in [7, 11) is 0. The predicted molar refractivity (Wildman–Crippen MR) is 70.4 cm³/mol. The average molecular weight is 234 g/mol. The van der Waals surface area contributed by atoms with Gasteiger partial charge in [0, 0.05) is 17.4 Å². The summed E-state index contributed by atoms with van der Waals surface area (Å²) in [4.78, 5) is 9.05. The SMILES string of the molecule is Cc1cc(C(C)C)nc(NC2CCNCC2)n1. The minimum Gasteiger partial charge on any atom is -0.351 e. The normalized spacial score (nSPS) is 17.4. The molecule has 2 N–H and O–H groups in total. The molecule has 0 spiro atoms. The second-order valence-electron chi connectivity index (χ2n) is 5.08. The third-order valence-corrected chi connectivity index (χ3v) is 3.14. The molecule has 4 heteroatoms. The Morgan fingerprint density at radius 1 is 1.29 bits per heavy atom. The molecule has 1 aliphatic rings. The summed E-state index contributed by atoms with van der Waals surface area (Å²) in [5.41, 5.74) is 2.16. The summed E-state index contributed by atoms with van der Waals surface area (Å²) in [6, 6.07) is 2.58. The lowest BCUT2D eigenvalue weighted by Gasteiger charge is -2.24. The number of nitrogens with one attached hydrogen (secondary N) is 2. The van der Waals surface area contributed by atoms with Gasteiger partial charge in [0.2, 0.25) is 5.95 Å². The van der Waals surface area contributed by atoms with Gasteiger partial charge in [-0.25, -0.2) is 9.97 Å². The Morgan fingerprint density at radius 2 is 2.00 bits per heavy atom. The minimum absolute atomic E-state index is 0.449. The first-order valence-corrected chi connectivity index (χ1v) is 6.48. The van der Waals surface area contributed by atoms with Crippen molar-refractivity contribution >= 4 is 5.95 Å². The maximum atomic E-state index is 4.58. The number of hydrogen-bond donors (Lipinski definition) is 2. The number of anilines is 1. The van der Waals surface area contributed by atoms with Gasteiger partial charge in [-0.2, -0.15) is 0 Å². The van der Waals surface area contributed by atoms with Gasteiger partial charge in [-0.15, -0.1) is 0 Å². The van der Waals surface area contributed by atoms with Gasteiger partial charge in [-0.3, -0.25) is 0 Å². The van der Waals surface area contributed by atoms with Gasteiger partial charge < -0.3 is 10.6 Å². The van der Waals surface area contributed by atoms with Crippen LogP contribution in [0.5, 0.6) is 0 Å². The van der Waals surface area contributed by atoms with E-state index in [0.29, 0.717) is 12.0 Å². The molecule has 94 valence electrons. The fourth-order valence-electron chi connectivity index (χ4n) is 2.10. The van der Waals surface area contributed by atoms with Gasteiger partial charge in [-0.1, -0.05) is 13.8 Å². The lowest BCUT2D eigenvalue weighted by atomic mass is 10.1. The van der Waals surface area contributed by atoms with Crippen LogP contribution in [0, 0.1) is 6.92 Å². The Labute approximate surface area is 103 Å². The van der Waals surface area contributed by atoms with Crippen LogP contribution in [0.2, 0.25) is 0 Å². The largest absolute Gasteiger partial charge is 0.351 e. The summed E-state index contributed by atoms with van der Waals surface area (Å²) in [5.74, 6) is 1.24. The first-order valence-electron chi connectivity index (χ1n) is 6.48. The van der Waals surface area contributed by atoms with E-state index < -0.39 is 0 Å². The minimum atomic E-state index is 0.449. The van der Waals surface area contributed by atoms with Crippen LogP contribution < -0.4 is 10.6 Å². The molecule has 0 amide bonds. The Balaban J connectivity index is 2.09. The zero-order valence-electron chi connectivity index (χ0n) is 11.0. The highest BCUT2D eigenvalue weighted by atomic mass is 15.1. The van der Waals surface area contributed by atoms with Crippen molar-refractivity contribution < 1.29 is 0 Å². The van der Waals surface area contributed by atoms with Gasteiger partial charge in [0.25, 0.3) is 0 Å². The second-order valence-corrected chi connectivity index (χ2v) is 5.08. The Bertz CT molecular complexity index is 370. The van der Waals surface area contributed by atoms with E-state index in [4.69, 9.17) is 0 Å². The molecule has 1 aromatic rings. The van der Waals surface area contributed by atoms with Crippen molar-refractivity contribution in [1.29, 1.82) is 0 Å². The average Bonchev–Trinajstić information content (AvgIpc) is 2.29. The standard InChI is InChI=1S/C13H22N4/c1-9(2)12-8-10(3)15-13(17-12)16-11-4-6-14-7-5-11/h8-9,11,14H,4-7H2,1-3H3,(H,15,16,17). The van der Waals surface area contributed by atoms with E-state index >= 15 is 0 Å². The maximum Gasteiger partial charge on any atom is 0.223 e. The van der Waals surface area contributed by atoms with E-state index in [-0.39, 0.29) is 0 Å². The topological polar surface area (TPSA) is 49.8 Å². The monoisotopic (exact) mass is 234 g/mol. The van der Waals surface area contributed by atoms with Crippen molar-refractivity contribution in [3.63, 3.8) is 0 Å². The van der Waals surface area contributed by atoms with Crippen LogP contribution in [0.4, 0.5) is 5.95 Å². The van der Waals surface area contributed by atoms with Gasteiger partial charge >= 0.3 is 0 Å². The first-order chi connectivity index (χ1) is 8.15. The predicted octanol–water partition coefficient (Wildman–Crippen LogP) is 2.07. The number of aryl methyl sites for hydroxylation is 1. The summed E-state index contributed by atoms with van der Waals surface area (Å²) in [6.07, 6.45) is 2.29. The molecule has 0 aliphatic carbocycles. The zero-order chi connectivity index (χ0) is 12.3. The third-order valence-electron chi connectivity index (χ3n) is 3.14. The highest BCUT2D eigenvalue weighted by Crippen LogP contribution is 2.16. The molecule has 17 heavy (non-hydrogen) atoms. The summed E-state index contributed by atoms with van der Waals surface area (Å²) < 4.78 is 0. The third kappa shape index (κ3) is 3.40. The molecule has 1 fully saturated rings. The number of aromatic nitrogens is 2. The lowest BCUT2D eigenvalue weighted by Crippen LogP contribution is -2.35. The van der Waals surface area contributed by atoms with Crippen molar-refractivity contribution in [3.05, 3.63) is 17.5 Å². The molecular weight excluding hydrogens is 212 g/mol. The number of hydrogen-bond acceptors (Lipinski definition) is 4.